The summed E-state index contributed by atoms with van der Waals surface area (Å²) in [6.45, 7) is 1.62. The van der Waals surface area contributed by atoms with Gasteiger partial charge in [0.2, 0.25) is 0 Å². The summed E-state index contributed by atoms with van der Waals surface area (Å²) in [5.74, 6) is -0.291. The normalized spacial score (nSPS) is 20.6. The molecule has 0 radical (unpaired) electrons. The Hall–Kier alpha value is -1.55. The highest BCUT2D eigenvalue weighted by molar-refractivity contribution is 6.00. The number of rotatable bonds is 2. The highest BCUT2D eigenvalue weighted by Gasteiger charge is 2.24. The van der Waals surface area contributed by atoms with Gasteiger partial charge in [0.05, 0.1) is 5.56 Å². The summed E-state index contributed by atoms with van der Waals surface area (Å²) in [5.41, 5.74) is 0.298. The van der Waals surface area contributed by atoms with E-state index in [-0.39, 0.29) is 23.2 Å². The number of carbonyl (C=O) groups excluding carboxylic acids is 1. The fourth-order valence-corrected chi connectivity index (χ4v) is 2.02. The molecule has 0 aliphatic carbocycles. The number of ketones is 1. The molecule has 1 aromatic rings. The van der Waals surface area contributed by atoms with E-state index in [1.807, 2.05) is 0 Å². The average Bonchev–Trinajstić information content (AvgIpc) is 2.29. The van der Waals surface area contributed by atoms with Crippen molar-refractivity contribution < 1.29 is 15.0 Å². The third-order valence-corrected chi connectivity index (χ3v) is 2.91. The van der Waals surface area contributed by atoms with Gasteiger partial charge in [0.15, 0.2) is 5.78 Å². The molecular weight excluding hydrogens is 206 g/mol. The standard InChI is InChI=1S/C12H15NO3/c14-9-3-4-10(11(15)6-9)12(16)8-2-1-5-13-7-8/h3-4,6,8,13-15H,1-2,5,7H2. The van der Waals surface area contributed by atoms with Crippen molar-refractivity contribution in [3.63, 3.8) is 0 Å². The third kappa shape index (κ3) is 2.17. The van der Waals surface area contributed by atoms with Gasteiger partial charge in [0, 0.05) is 18.5 Å². The zero-order valence-corrected chi connectivity index (χ0v) is 8.94. The molecule has 16 heavy (non-hydrogen) atoms. The first kappa shape index (κ1) is 11.0. The van der Waals surface area contributed by atoms with E-state index in [0.29, 0.717) is 12.1 Å². The predicted molar refractivity (Wildman–Crippen MR) is 59.7 cm³/mol. The molecule has 0 saturated carbocycles. The van der Waals surface area contributed by atoms with Gasteiger partial charge in [-0.05, 0) is 31.5 Å². The summed E-state index contributed by atoms with van der Waals surface area (Å²) in [5, 5.41) is 21.9. The predicted octanol–water partition coefficient (Wildman–Crippen LogP) is 1.28. The maximum Gasteiger partial charge on any atom is 0.170 e. The summed E-state index contributed by atoms with van der Waals surface area (Å²) >= 11 is 0. The number of carbonyl (C=O) groups is 1. The summed E-state index contributed by atoms with van der Waals surface area (Å²) in [7, 11) is 0. The Balaban J connectivity index is 2.19. The maximum absolute atomic E-state index is 12.1. The van der Waals surface area contributed by atoms with Crippen LogP contribution in [-0.4, -0.2) is 29.1 Å². The van der Waals surface area contributed by atoms with Crippen molar-refractivity contribution in [3.8, 4) is 11.5 Å². The minimum atomic E-state index is -0.143. The van der Waals surface area contributed by atoms with E-state index >= 15 is 0 Å². The quantitative estimate of drug-likeness (QED) is 0.658. The van der Waals surface area contributed by atoms with Crippen LogP contribution in [0.4, 0.5) is 0 Å². The number of phenols is 2. The minimum absolute atomic E-state index is 0.0316. The largest absolute Gasteiger partial charge is 0.508 e. The van der Waals surface area contributed by atoms with Crippen LogP contribution in [0.3, 0.4) is 0 Å². The number of phenolic OH excluding ortho intramolecular Hbond substituents is 2. The molecule has 1 aliphatic rings. The molecule has 1 saturated heterocycles. The maximum atomic E-state index is 12.1. The van der Waals surface area contributed by atoms with Crippen LogP contribution >= 0.6 is 0 Å². The Labute approximate surface area is 93.9 Å². The molecule has 1 heterocycles. The van der Waals surface area contributed by atoms with Gasteiger partial charge >= 0.3 is 0 Å². The van der Waals surface area contributed by atoms with Crippen LogP contribution in [0.5, 0.6) is 11.5 Å². The van der Waals surface area contributed by atoms with Gasteiger partial charge in [0.1, 0.15) is 11.5 Å². The van der Waals surface area contributed by atoms with Crippen LogP contribution in [0.2, 0.25) is 0 Å². The molecule has 86 valence electrons. The Morgan fingerprint density at radius 2 is 2.19 bits per heavy atom. The van der Waals surface area contributed by atoms with Crippen molar-refractivity contribution in [3.05, 3.63) is 23.8 Å². The minimum Gasteiger partial charge on any atom is -0.508 e. The summed E-state index contributed by atoms with van der Waals surface area (Å²) in [6, 6.07) is 4.09. The van der Waals surface area contributed by atoms with E-state index in [9.17, 15) is 9.90 Å². The molecule has 4 heteroatoms. The summed E-state index contributed by atoms with van der Waals surface area (Å²) in [4.78, 5) is 12.1. The van der Waals surface area contributed by atoms with Crippen LogP contribution in [-0.2, 0) is 0 Å². The van der Waals surface area contributed by atoms with Crippen molar-refractivity contribution in [2.45, 2.75) is 12.8 Å². The molecule has 4 nitrogen and oxygen atoms in total. The number of Topliss-reactive ketones (excluding diaryl/α,β-unsaturated/α-hetero) is 1. The number of nitrogens with one attached hydrogen (secondary N) is 1. The lowest BCUT2D eigenvalue weighted by molar-refractivity contribution is 0.0897. The monoisotopic (exact) mass is 221 g/mol. The second kappa shape index (κ2) is 4.53. The SMILES string of the molecule is O=C(c1ccc(O)cc1O)C1CCCNC1. The molecule has 1 aliphatic heterocycles. The fraction of sp³-hybridized carbons (Fsp3) is 0.417. The molecule has 0 spiro atoms. The number of hydrogen-bond acceptors (Lipinski definition) is 4. The highest BCUT2D eigenvalue weighted by atomic mass is 16.3. The number of aromatic hydroxyl groups is 2. The van der Waals surface area contributed by atoms with Crippen LogP contribution in [0.15, 0.2) is 18.2 Å². The molecule has 1 aromatic carbocycles. The van der Waals surface area contributed by atoms with E-state index < -0.39 is 0 Å². The van der Waals surface area contributed by atoms with Crippen LogP contribution in [0.1, 0.15) is 23.2 Å². The Kier molecular flexibility index (Phi) is 3.10. The van der Waals surface area contributed by atoms with Gasteiger partial charge in [-0.1, -0.05) is 0 Å². The molecule has 2 rings (SSSR count). The third-order valence-electron chi connectivity index (χ3n) is 2.91. The van der Waals surface area contributed by atoms with Gasteiger partial charge in [-0.25, -0.2) is 0 Å². The molecule has 0 amide bonds. The van der Waals surface area contributed by atoms with Crippen LogP contribution in [0, 0.1) is 5.92 Å². The molecule has 0 bridgehead atoms. The van der Waals surface area contributed by atoms with Gasteiger partial charge < -0.3 is 15.5 Å². The van der Waals surface area contributed by atoms with Crippen molar-refractivity contribution in [1.29, 1.82) is 0 Å². The van der Waals surface area contributed by atoms with E-state index in [1.165, 1.54) is 18.2 Å². The first-order chi connectivity index (χ1) is 7.68. The first-order valence-electron chi connectivity index (χ1n) is 5.45. The summed E-state index contributed by atoms with van der Waals surface area (Å²) < 4.78 is 0. The number of piperidine rings is 1. The van der Waals surface area contributed by atoms with Crippen molar-refractivity contribution in [2.24, 2.45) is 5.92 Å². The lowest BCUT2D eigenvalue weighted by atomic mass is 9.90. The average molecular weight is 221 g/mol. The summed E-state index contributed by atoms with van der Waals surface area (Å²) in [6.07, 6.45) is 1.83. The smallest absolute Gasteiger partial charge is 0.170 e. The van der Waals surface area contributed by atoms with E-state index in [4.69, 9.17) is 5.11 Å². The molecule has 1 fully saturated rings. The van der Waals surface area contributed by atoms with E-state index in [2.05, 4.69) is 5.32 Å². The topological polar surface area (TPSA) is 69.6 Å². The van der Waals surface area contributed by atoms with Crippen molar-refractivity contribution >= 4 is 5.78 Å². The van der Waals surface area contributed by atoms with Crippen LogP contribution in [0.25, 0.3) is 0 Å². The van der Waals surface area contributed by atoms with E-state index in [0.717, 1.165) is 19.4 Å². The number of hydrogen-bond donors (Lipinski definition) is 3. The lowest BCUT2D eigenvalue weighted by Gasteiger charge is -2.21. The second-order valence-electron chi connectivity index (χ2n) is 4.11. The number of benzene rings is 1. The van der Waals surface area contributed by atoms with Gasteiger partial charge in [-0.2, -0.15) is 0 Å². The van der Waals surface area contributed by atoms with Gasteiger partial charge in [0.25, 0.3) is 0 Å². The Morgan fingerprint density at radius 1 is 1.38 bits per heavy atom. The molecule has 0 aromatic heterocycles. The second-order valence-corrected chi connectivity index (χ2v) is 4.11. The Morgan fingerprint density at radius 3 is 2.81 bits per heavy atom. The molecule has 1 unspecified atom stereocenters. The van der Waals surface area contributed by atoms with Gasteiger partial charge in [-0.15, -0.1) is 0 Å². The zero-order valence-electron chi connectivity index (χ0n) is 8.94. The molecule has 1 atom stereocenters. The van der Waals surface area contributed by atoms with Crippen molar-refractivity contribution in [2.75, 3.05) is 13.1 Å². The van der Waals surface area contributed by atoms with E-state index in [1.54, 1.807) is 0 Å². The first-order valence-corrected chi connectivity index (χ1v) is 5.45. The Bertz CT molecular complexity index is 397. The van der Waals surface area contributed by atoms with Crippen molar-refractivity contribution in [1.82, 2.24) is 5.32 Å². The highest BCUT2D eigenvalue weighted by Crippen LogP contribution is 2.26. The lowest BCUT2D eigenvalue weighted by Crippen LogP contribution is -2.34. The zero-order chi connectivity index (χ0) is 11.5. The van der Waals surface area contributed by atoms with Crippen LogP contribution < -0.4 is 5.32 Å². The molecular formula is C12H15NO3. The fourth-order valence-electron chi connectivity index (χ4n) is 2.02. The molecule has 3 N–H and O–H groups in total. The van der Waals surface area contributed by atoms with Gasteiger partial charge in [-0.3, -0.25) is 4.79 Å².